The van der Waals surface area contributed by atoms with Crippen LogP contribution in [0.15, 0.2) is 24.4 Å². The standard InChI is InChI=1S/C15H17N5O/c1-3-9-7-12-13(8-10(9)4-2)18-14(17-12)11-5-6-20(19-11)15(16)21/h5-8H,3-4H2,1-2H3,(H2,16,21)(H,17,18). The third-order valence-electron chi connectivity index (χ3n) is 3.62. The number of nitrogens with zero attached hydrogens (tertiary/aromatic N) is 3. The molecule has 0 unspecified atom stereocenters. The summed E-state index contributed by atoms with van der Waals surface area (Å²) >= 11 is 0. The highest BCUT2D eigenvalue weighted by atomic mass is 16.2. The number of H-pyrrole nitrogens is 1. The number of aromatic amines is 1. The molecule has 0 spiro atoms. The number of fused-ring (bicyclic) bond motifs is 1. The van der Waals surface area contributed by atoms with Crippen LogP contribution in [0.25, 0.3) is 22.6 Å². The van der Waals surface area contributed by atoms with Gasteiger partial charge in [-0.1, -0.05) is 13.8 Å². The van der Waals surface area contributed by atoms with E-state index in [0.29, 0.717) is 11.5 Å². The van der Waals surface area contributed by atoms with Crippen molar-refractivity contribution < 1.29 is 4.79 Å². The molecule has 0 radical (unpaired) electrons. The number of benzene rings is 1. The molecule has 0 atom stereocenters. The van der Waals surface area contributed by atoms with Crippen LogP contribution in [0.5, 0.6) is 0 Å². The molecule has 108 valence electrons. The molecule has 0 saturated heterocycles. The van der Waals surface area contributed by atoms with Crippen molar-refractivity contribution in [2.45, 2.75) is 26.7 Å². The number of carbonyl (C=O) groups is 1. The van der Waals surface area contributed by atoms with E-state index in [-0.39, 0.29) is 0 Å². The fraction of sp³-hybridized carbons (Fsp3) is 0.267. The van der Waals surface area contributed by atoms with E-state index in [4.69, 9.17) is 5.73 Å². The first-order valence-corrected chi connectivity index (χ1v) is 6.99. The highest BCUT2D eigenvalue weighted by Crippen LogP contribution is 2.23. The quantitative estimate of drug-likeness (QED) is 0.773. The zero-order chi connectivity index (χ0) is 15.0. The Kier molecular flexibility index (Phi) is 3.21. The van der Waals surface area contributed by atoms with Crippen LogP contribution in [0.4, 0.5) is 4.79 Å². The summed E-state index contributed by atoms with van der Waals surface area (Å²) in [7, 11) is 0. The average molecular weight is 283 g/mol. The minimum absolute atomic E-state index is 0.598. The maximum absolute atomic E-state index is 11.1. The summed E-state index contributed by atoms with van der Waals surface area (Å²) in [5.74, 6) is 0.639. The number of amides is 1. The van der Waals surface area contributed by atoms with Gasteiger partial charge in [-0.25, -0.2) is 9.78 Å². The summed E-state index contributed by atoms with van der Waals surface area (Å²) in [5.41, 5.74) is 10.3. The van der Waals surface area contributed by atoms with Gasteiger partial charge in [0, 0.05) is 6.20 Å². The minimum atomic E-state index is -0.612. The Morgan fingerprint density at radius 1 is 1.29 bits per heavy atom. The number of aryl methyl sites for hydroxylation is 2. The molecule has 3 rings (SSSR count). The van der Waals surface area contributed by atoms with Gasteiger partial charge in [0.2, 0.25) is 0 Å². The third-order valence-corrected chi connectivity index (χ3v) is 3.62. The number of nitrogens with two attached hydrogens (primary N) is 1. The van der Waals surface area contributed by atoms with E-state index in [1.807, 2.05) is 0 Å². The smallest absolute Gasteiger partial charge is 0.339 e. The monoisotopic (exact) mass is 283 g/mol. The number of nitrogens with one attached hydrogen (secondary N) is 1. The lowest BCUT2D eigenvalue weighted by atomic mass is 10.0. The van der Waals surface area contributed by atoms with Gasteiger partial charge in [0.05, 0.1) is 11.0 Å². The predicted octanol–water partition coefficient (Wildman–Crippen LogP) is 2.48. The van der Waals surface area contributed by atoms with Gasteiger partial charge in [-0.2, -0.15) is 9.78 Å². The third kappa shape index (κ3) is 2.29. The number of hydrogen-bond donors (Lipinski definition) is 2. The number of primary amides is 1. The van der Waals surface area contributed by atoms with Crippen molar-refractivity contribution in [1.82, 2.24) is 19.7 Å². The van der Waals surface area contributed by atoms with Crippen LogP contribution < -0.4 is 5.73 Å². The van der Waals surface area contributed by atoms with Gasteiger partial charge in [0.25, 0.3) is 0 Å². The van der Waals surface area contributed by atoms with E-state index < -0.39 is 6.03 Å². The van der Waals surface area contributed by atoms with Crippen LogP contribution in [0.1, 0.15) is 25.0 Å². The summed E-state index contributed by atoms with van der Waals surface area (Å²) in [4.78, 5) is 18.9. The Hall–Kier alpha value is -2.63. The van der Waals surface area contributed by atoms with Crippen LogP contribution in [0.2, 0.25) is 0 Å². The van der Waals surface area contributed by atoms with Crippen LogP contribution in [0.3, 0.4) is 0 Å². The molecular weight excluding hydrogens is 266 g/mol. The van der Waals surface area contributed by atoms with Crippen LogP contribution in [-0.4, -0.2) is 25.8 Å². The van der Waals surface area contributed by atoms with E-state index in [9.17, 15) is 4.79 Å². The summed E-state index contributed by atoms with van der Waals surface area (Å²) in [6.07, 6.45) is 3.50. The first kappa shape index (κ1) is 13.4. The fourth-order valence-corrected chi connectivity index (χ4v) is 2.50. The van der Waals surface area contributed by atoms with Gasteiger partial charge in [-0.15, -0.1) is 0 Å². The van der Waals surface area contributed by atoms with Gasteiger partial charge in [-0.05, 0) is 42.2 Å². The number of aromatic nitrogens is 4. The lowest BCUT2D eigenvalue weighted by molar-refractivity contribution is 0.248. The highest BCUT2D eigenvalue weighted by molar-refractivity contribution is 5.81. The van der Waals surface area contributed by atoms with Gasteiger partial charge in [0.15, 0.2) is 5.82 Å². The van der Waals surface area contributed by atoms with E-state index in [2.05, 4.69) is 41.0 Å². The second-order valence-corrected chi connectivity index (χ2v) is 4.91. The minimum Gasteiger partial charge on any atom is -0.350 e. The Morgan fingerprint density at radius 3 is 2.62 bits per heavy atom. The number of imidazole rings is 1. The van der Waals surface area contributed by atoms with Gasteiger partial charge in [0.1, 0.15) is 5.69 Å². The van der Waals surface area contributed by atoms with Crippen molar-refractivity contribution in [3.8, 4) is 11.5 Å². The largest absolute Gasteiger partial charge is 0.350 e. The normalized spacial score (nSPS) is 11.1. The predicted molar refractivity (Wildman–Crippen MR) is 81.1 cm³/mol. The molecule has 0 aliphatic rings. The first-order valence-electron chi connectivity index (χ1n) is 6.99. The fourth-order valence-electron chi connectivity index (χ4n) is 2.50. The Labute approximate surface area is 122 Å². The lowest BCUT2D eigenvalue weighted by Crippen LogP contribution is -2.19. The zero-order valence-corrected chi connectivity index (χ0v) is 12.1. The average Bonchev–Trinajstić information content (AvgIpc) is 3.11. The van der Waals surface area contributed by atoms with Crippen molar-refractivity contribution in [3.63, 3.8) is 0 Å². The second-order valence-electron chi connectivity index (χ2n) is 4.91. The van der Waals surface area contributed by atoms with Gasteiger partial charge < -0.3 is 10.7 Å². The molecule has 0 aliphatic heterocycles. The Morgan fingerprint density at radius 2 is 2.00 bits per heavy atom. The van der Waals surface area contributed by atoms with E-state index in [1.54, 1.807) is 6.07 Å². The topological polar surface area (TPSA) is 89.6 Å². The second kappa shape index (κ2) is 5.05. The first-order chi connectivity index (χ1) is 10.1. The van der Waals surface area contributed by atoms with E-state index in [0.717, 1.165) is 28.6 Å². The molecule has 0 aliphatic carbocycles. The van der Waals surface area contributed by atoms with E-state index >= 15 is 0 Å². The summed E-state index contributed by atoms with van der Waals surface area (Å²) < 4.78 is 1.09. The SMILES string of the molecule is CCc1cc2nc(-c3ccn(C(N)=O)n3)[nH]c2cc1CC. The number of rotatable bonds is 3. The molecular formula is C15H17N5O. The molecule has 6 nitrogen and oxygen atoms in total. The highest BCUT2D eigenvalue weighted by Gasteiger charge is 2.11. The van der Waals surface area contributed by atoms with Crippen LogP contribution in [-0.2, 0) is 12.8 Å². The molecule has 0 fully saturated rings. The van der Waals surface area contributed by atoms with Crippen molar-refractivity contribution in [3.05, 3.63) is 35.5 Å². The van der Waals surface area contributed by atoms with Gasteiger partial charge in [-0.3, -0.25) is 0 Å². The maximum Gasteiger partial charge on any atom is 0.339 e. The van der Waals surface area contributed by atoms with E-state index in [1.165, 1.54) is 17.3 Å². The Balaban J connectivity index is 2.09. The molecule has 21 heavy (non-hydrogen) atoms. The van der Waals surface area contributed by atoms with Crippen molar-refractivity contribution in [2.75, 3.05) is 0 Å². The zero-order valence-electron chi connectivity index (χ0n) is 12.1. The molecule has 2 heterocycles. The molecule has 3 aromatic rings. The number of carbonyl (C=O) groups excluding carboxylic acids is 1. The van der Waals surface area contributed by atoms with Crippen molar-refractivity contribution >= 4 is 17.1 Å². The maximum atomic E-state index is 11.1. The molecule has 1 amide bonds. The van der Waals surface area contributed by atoms with Crippen LogP contribution >= 0.6 is 0 Å². The summed E-state index contributed by atoms with van der Waals surface area (Å²) in [6.45, 7) is 4.29. The number of hydrogen-bond acceptors (Lipinski definition) is 3. The molecule has 0 bridgehead atoms. The molecule has 2 aromatic heterocycles. The molecule has 3 N–H and O–H groups in total. The van der Waals surface area contributed by atoms with Crippen molar-refractivity contribution in [2.24, 2.45) is 5.73 Å². The molecule has 0 saturated carbocycles. The lowest BCUT2D eigenvalue weighted by Gasteiger charge is -2.04. The summed E-state index contributed by atoms with van der Waals surface area (Å²) in [5, 5.41) is 4.11. The Bertz CT molecular complexity index is 774. The van der Waals surface area contributed by atoms with Crippen molar-refractivity contribution in [1.29, 1.82) is 0 Å². The molecule has 1 aromatic carbocycles. The summed E-state index contributed by atoms with van der Waals surface area (Å²) in [6, 6.07) is 5.35. The van der Waals surface area contributed by atoms with Gasteiger partial charge >= 0.3 is 6.03 Å². The molecule has 6 heteroatoms. The van der Waals surface area contributed by atoms with Crippen LogP contribution in [0, 0.1) is 0 Å².